The first-order chi connectivity index (χ1) is 9.87. The van der Waals surface area contributed by atoms with Crippen molar-refractivity contribution in [2.75, 3.05) is 11.1 Å². The predicted octanol–water partition coefficient (Wildman–Crippen LogP) is 1.65. The zero-order chi connectivity index (χ0) is 15.5. The molecule has 2 aromatic rings. The van der Waals surface area contributed by atoms with Crippen molar-refractivity contribution in [2.45, 2.75) is 11.8 Å². The van der Waals surface area contributed by atoms with Gasteiger partial charge in [0.2, 0.25) is 0 Å². The maximum Gasteiger partial charge on any atom is 0.263 e. The Labute approximate surface area is 128 Å². The molecule has 0 spiro atoms. The van der Waals surface area contributed by atoms with Gasteiger partial charge in [0.1, 0.15) is 11.6 Å². The molecule has 0 aliphatic carbocycles. The highest BCUT2D eigenvalue weighted by Gasteiger charge is 2.15. The third kappa shape index (κ3) is 4.14. The van der Waals surface area contributed by atoms with Crippen LogP contribution in [0.4, 0.5) is 11.6 Å². The van der Waals surface area contributed by atoms with Crippen LogP contribution in [0.5, 0.6) is 0 Å². The second-order valence-corrected chi connectivity index (χ2v) is 6.41. The van der Waals surface area contributed by atoms with Crippen molar-refractivity contribution < 1.29 is 8.42 Å². The number of thiocarbonyl (C=S) groups is 1. The maximum atomic E-state index is 12.1. The van der Waals surface area contributed by atoms with Gasteiger partial charge in [-0.1, -0.05) is 23.8 Å². The zero-order valence-corrected chi connectivity index (χ0v) is 12.8. The molecular weight excluding hydrogens is 308 g/mol. The van der Waals surface area contributed by atoms with Crippen LogP contribution < -0.4 is 15.8 Å². The molecule has 1 aromatic heterocycles. The molecule has 8 heteroatoms. The molecule has 0 unspecified atom stereocenters. The number of hydrogen-bond acceptors (Lipinski definition) is 5. The van der Waals surface area contributed by atoms with E-state index in [1.807, 2.05) is 6.92 Å². The minimum atomic E-state index is -3.72. The lowest BCUT2D eigenvalue weighted by Crippen LogP contribution is -2.34. The minimum Gasteiger partial charge on any atom is -0.384 e. The summed E-state index contributed by atoms with van der Waals surface area (Å²) in [5, 5.41) is 2.59. The first-order valence-corrected chi connectivity index (χ1v) is 7.89. The van der Waals surface area contributed by atoms with Crippen LogP contribution in [0.3, 0.4) is 0 Å². The van der Waals surface area contributed by atoms with E-state index in [1.165, 1.54) is 12.1 Å². The highest BCUT2D eigenvalue weighted by atomic mass is 32.2. The largest absolute Gasteiger partial charge is 0.384 e. The van der Waals surface area contributed by atoms with Gasteiger partial charge in [0.25, 0.3) is 10.0 Å². The Kier molecular flexibility index (Phi) is 4.39. The van der Waals surface area contributed by atoms with Gasteiger partial charge in [-0.2, -0.15) is 0 Å². The van der Waals surface area contributed by atoms with Crippen molar-refractivity contribution in [1.82, 2.24) is 9.71 Å². The molecule has 2 rings (SSSR count). The van der Waals surface area contributed by atoms with E-state index in [-0.39, 0.29) is 10.0 Å². The number of anilines is 2. The van der Waals surface area contributed by atoms with Gasteiger partial charge in [-0.15, -0.1) is 0 Å². The van der Waals surface area contributed by atoms with Crippen molar-refractivity contribution in [3.05, 3.63) is 48.0 Å². The van der Waals surface area contributed by atoms with E-state index >= 15 is 0 Å². The molecule has 1 heterocycles. The van der Waals surface area contributed by atoms with Crippen LogP contribution in [0, 0.1) is 6.92 Å². The summed E-state index contributed by atoms with van der Waals surface area (Å²) in [6.07, 6.45) is 0. The van der Waals surface area contributed by atoms with Gasteiger partial charge in [0.15, 0.2) is 5.11 Å². The Balaban J connectivity index is 2.09. The molecule has 0 bridgehead atoms. The van der Waals surface area contributed by atoms with Gasteiger partial charge < -0.3 is 11.1 Å². The highest BCUT2D eigenvalue weighted by molar-refractivity contribution is 7.92. The quantitative estimate of drug-likeness (QED) is 0.743. The number of aromatic nitrogens is 1. The van der Waals surface area contributed by atoms with Crippen molar-refractivity contribution in [2.24, 2.45) is 0 Å². The average Bonchev–Trinajstić information content (AvgIpc) is 2.38. The SMILES string of the molecule is Cc1ccc(S(=O)(=O)NC(=S)Nc2cccc(N)n2)cc1. The van der Waals surface area contributed by atoms with E-state index in [4.69, 9.17) is 18.0 Å². The molecular formula is C13H14N4O2S2. The number of benzene rings is 1. The molecule has 0 aliphatic rings. The molecule has 21 heavy (non-hydrogen) atoms. The third-order valence-corrected chi connectivity index (χ3v) is 4.27. The topological polar surface area (TPSA) is 97.1 Å². The molecule has 0 saturated heterocycles. The summed E-state index contributed by atoms with van der Waals surface area (Å²) in [6, 6.07) is 11.4. The summed E-state index contributed by atoms with van der Waals surface area (Å²) in [5.74, 6) is 0.677. The fourth-order valence-corrected chi connectivity index (χ4v) is 2.90. The molecule has 6 nitrogen and oxygen atoms in total. The number of hydrogen-bond donors (Lipinski definition) is 3. The van der Waals surface area contributed by atoms with Crippen molar-refractivity contribution in [3.8, 4) is 0 Å². The van der Waals surface area contributed by atoms with E-state index in [0.29, 0.717) is 11.6 Å². The summed E-state index contributed by atoms with van der Waals surface area (Å²) in [4.78, 5) is 4.11. The minimum absolute atomic E-state index is 0.0753. The predicted molar refractivity (Wildman–Crippen MR) is 86.4 cm³/mol. The van der Waals surface area contributed by atoms with E-state index < -0.39 is 10.0 Å². The Morgan fingerprint density at radius 2 is 1.86 bits per heavy atom. The lowest BCUT2D eigenvalue weighted by Gasteiger charge is -2.11. The molecule has 1 aromatic carbocycles. The van der Waals surface area contributed by atoms with Gasteiger partial charge in [0, 0.05) is 0 Å². The number of nitrogens with two attached hydrogens (primary N) is 1. The fourth-order valence-electron chi connectivity index (χ4n) is 1.56. The van der Waals surface area contributed by atoms with Crippen molar-refractivity contribution in [1.29, 1.82) is 0 Å². The fraction of sp³-hybridized carbons (Fsp3) is 0.0769. The lowest BCUT2D eigenvalue weighted by molar-refractivity contribution is 0.593. The Bertz CT molecular complexity index is 758. The Morgan fingerprint density at radius 3 is 2.48 bits per heavy atom. The Morgan fingerprint density at radius 1 is 1.19 bits per heavy atom. The number of pyridine rings is 1. The van der Waals surface area contributed by atoms with E-state index in [2.05, 4.69) is 15.0 Å². The monoisotopic (exact) mass is 322 g/mol. The van der Waals surface area contributed by atoms with Gasteiger partial charge in [-0.05, 0) is 43.4 Å². The number of nitrogens with one attached hydrogen (secondary N) is 2. The number of rotatable bonds is 3. The smallest absolute Gasteiger partial charge is 0.263 e. The average molecular weight is 322 g/mol. The van der Waals surface area contributed by atoms with Gasteiger partial charge in [-0.3, -0.25) is 4.72 Å². The van der Waals surface area contributed by atoms with Gasteiger partial charge >= 0.3 is 0 Å². The van der Waals surface area contributed by atoms with Gasteiger partial charge in [-0.25, -0.2) is 13.4 Å². The van der Waals surface area contributed by atoms with Crippen LogP contribution in [0.15, 0.2) is 47.4 Å². The molecule has 0 radical (unpaired) electrons. The molecule has 110 valence electrons. The van der Waals surface area contributed by atoms with Crippen molar-refractivity contribution in [3.63, 3.8) is 0 Å². The lowest BCUT2D eigenvalue weighted by atomic mass is 10.2. The number of sulfonamides is 1. The first kappa shape index (κ1) is 15.2. The highest BCUT2D eigenvalue weighted by Crippen LogP contribution is 2.11. The second-order valence-electron chi connectivity index (χ2n) is 4.32. The Hall–Kier alpha value is -2.19. The maximum absolute atomic E-state index is 12.1. The van der Waals surface area contributed by atoms with Crippen LogP contribution in [-0.2, 0) is 10.0 Å². The van der Waals surface area contributed by atoms with Crippen LogP contribution in [0.2, 0.25) is 0 Å². The second kappa shape index (κ2) is 6.06. The molecule has 0 amide bonds. The molecule has 0 saturated carbocycles. The number of nitrogens with zero attached hydrogens (tertiary/aromatic N) is 1. The van der Waals surface area contributed by atoms with Crippen LogP contribution in [-0.4, -0.2) is 18.5 Å². The van der Waals surface area contributed by atoms with E-state index in [1.54, 1.807) is 30.3 Å². The summed E-state index contributed by atoms with van der Waals surface area (Å²) < 4.78 is 26.5. The van der Waals surface area contributed by atoms with E-state index in [9.17, 15) is 8.42 Å². The summed E-state index contributed by atoms with van der Waals surface area (Å²) in [5.41, 5.74) is 6.50. The third-order valence-electron chi connectivity index (χ3n) is 2.57. The standard InChI is InChI=1S/C13H14N4O2S2/c1-9-5-7-10(8-6-9)21(18,19)17-13(20)16-12-4-2-3-11(14)15-12/h2-8H,1H3,(H4,14,15,16,17,20). The van der Waals surface area contributed by atoms with Crippen LogP contribution >= 0.6 is 12.2 Å². The summed E-state index contributed by atoms with van der Waals surface area (Å²) >= 11 is 4.97. The zero-order valence-electron chi connectivity index (χ0n) is 11.2. The molecule has 0 fully saturated rings. The molecule has 4 N–H and O–H groups in total. The van der Waals surface area contributed by atoms with Gasteiger partial charge in [0.05, 0.1) is 4.90 Å². The van der Waals surface area contributed by atoms with E-state index in [0.717, 1.165) is 5.56 Å². The number of nitrogen functional groups attached to an aromatic ring is 1. The number of aryl methyl sites for hydroxylation is 1. The normalized spacial score (nSPS) is 10.9. The summed E-state index contributed by atoms with van der Waals surface area (Å²) in [7, 11) is -3.72. The van der Waals surface area contributed by atoms with Crippen LogP contribution in [0.25, 0.3) is 0 Å². The van der Waals surface area contributed by atoms with Crippen LogP contribution in [0.1, 0.15) is 5.56 Å². The summed E-state index contributed by atoms with van der Waals surface area (Å²) in [6.45, 7) is 1.88. The molecule has 0 aliphatic heterocycles. The molecule has 0 atom stereocenters. The van der Waals surface area contributed by atoms with Crippen molar-refractivity contribution >= 4 is 39.0 Å². The first-order valence-electron chi connectivity index (χ1n) is 6.00.